The lowest BCUT2D eigenvalue weighted by Gasteiger charge is -2.24. The summed E-state index contributed by atoms with van der Waals surface area (Å²) in [5.74, 6) is -1.05. The molecule has 0 radical (unpaired) electrons. The molecule has 0 saturated heterocycles. The number of hydrogen-bond donors (Lipinski definition) is 1. The highest BCUT2D eigenvalue weighted by Gasteiger charge is 2.45. The van der Waals surface area contributed by atoms with Crippen LogP contribution < -0.4 is 4.90 Å². The number of nitrogens with zero attached hydrogens (tertiary/aromatic N) is 3. The molecule has 0 saturated carbocycles. The number of aromatic nitrogens is 2. The van der Waals surface area contributed by atoms with Crippen LogP contribution in [0.1, 0.15) is 35.2 Å². The third-order valence-electron chi connectivity index (χ3n) is 6.28. The second kappa shape index (κ2) is 12.0. The highest BCUT2D eigenvalue weighted by molar-refractivity contribution is 8.00. The summed E-state index contributed by atoms with van der Waals surface area (Å²) in [6, 6.07) is 23.8. The Balaban J connectivity index is 1.45. The molecule has 0 bridgehead atoms. The lowest BCUT2D eigenvalue weighted by molar-refractivity contribution is -0.117. The van der Waals surface area contributed by atoms with Crippen molar-refractivity contribution in [1.29, 1.82) is 0 Å². The van der Waals surface area contributed by atoms with Crippen molar-refractivity contribution in [3.8, 4) is 0 Å². The fraction of sp³-hybridized carbons (Fsp3) is 0.133. The second-order valence-electron chi connectivity index (χ2n) is 8.81. The van der Waals surface area contributed by atoms with E-state index in [0.717, 1.165) is 23.1 Å². The Labute approximate surface area is 239 Å². The summed E-state index contributed by atoms with van der Waals surface area (Å²) in [6.45, 7) is 2.06. The Morgan fingerprint density at radius 1 is 1.03 bits per heavy atom. The van der Waals surface area contributed by atoms with Crippen molar-refractivity contribution in [3.63, 3.8) is 0 Å². The molecular formula is C30H24ClN3O3S2. The average molecular weight is 574 g/mol. The van der Waals surface area contributed by atoms with E-state index in [-0.39, 0.29) is 5.57 Å². The van der Waals surface area contributed by atoms with Gasteiger partial charge in [-0.15, -0.1) is 10.2 Å². The van der Waals surface area contributed by atoms with Gasteiger partial charge in [0.1, 0.15) is 0 Å². The van der Waals surface area contributed by atoms with Gasteiger partial charge in [-0.25, -0.2) is 0 Å². The molecule has 0 fully saturated rings. The number of carbonyl (C=O) groups is 2. The molecule has 1 aliphatic heterocycles. The number of thioether (sulfide) groups is 1. The molecule has 1 unspecified atom stereocenters. The van der Waals surface area contributed by atoms with Crippen LogP contribution in [0, 0.1) is 0 Å². The fourth-order valence-corrected chi connectivity index (χ4v) is 6.16. The molecule has 9 heteroatoms. The van der Waals surface area contributed by atoms with E-state index in [2.05, 4.69) is 17.1 Å². The molecule has 1 N–H and O–H groups in total. The largest absolute Gasteiger partial charge is 0.503 e. The Morgan fingerprint density at radius 2 is 1.72 bits per heavy atom. The number of aliphatic hydroxyl groups is 1. The van der Waals surface area contributed by atoms with Crippen molar-refractivity contribution >= 4 is 57.6 Å². The van der Waals surface area contributed by atoms with E-state index < -0.39 is 23.5 Å². The van der Waals surface area contributed by atoms with E-state index in [1.165, 1.54) is 34.1 Å². The number of ketones is 1. The average Bonchev–Trinajstić information content (AvgIpc) is 3.54. The summed E-state index contributed by atoms with van der Waals surface area (Å²) < 4.78 is 0.663. The van der Waals surface area contributed by atoms with Crippen LogP contribution in [0.2, 0.25) is 5.02 Å². The monoisotopic (exact) mass is 573 g/mol. The minimum atomic E-state index is -0.835. The van der Waals surface area contributed by atoms with Crippen LogP contribution >= 0.6 is 34.7 Å². The fourth-order valence-electron chi connectivity index (χ4n) is 4.22. The van der Waals surface area contributed by atoms with Gasteiger partial charge in [-0.05, 0) is 46.9 Å². The Bertz CT molecular complexity index is 1550. The molecule has 1 aliphatic rings. The Hall–Kier alpha value is -3.72. The number of benzene rings is 3. The maximum atomic E-state index is 13.4. The number of amides is 1. The van der Waals surface area contributed by atoms with Gasteiger partial charge in [0.25, 0.3) is 5.91 Å². The van der Waals surface area contributed by atoms with Gasteiger partial charge in [0.15, 0.2) is 15.9 Å². The maximum absolute atomic E-state index is 13.4. The molecule has 1 amide bonds. The number of anilines is 1. The lowest BCUT2D eigenvalue weighted by atomic mass is 9.95. The van der Waals surface area contributed by atoms with Gasteiger partial charge in [0, 0.05) is 10.8 Å². The predicted octanol–water partition coefficient (Wildman–Crippen LogP) is 7.23. The molecule has 0 aliphatic carbocycles. The summed E-state index contributed by atoms with van der Waals surface area (Å²) in [7, 11) is 0. The number of aliphatic hydroxyl groups excluding tert-OH is 1. The predicted molar refractivity (Wildman–Crippen MR) is 157 cm³/mol. The number of allylic oxidation sites excluding steroid dienone is 1. The van der Waals surface area contributed by atoms with E-state index >= 15 is 0 Å². The van der Waals surface area contributed by atoms with Crippen molar-refractivity contribution < 1.29 is 14.7 Å². The van der Waals surface area contributed by atoms with E-state index in [1.54, 1.807) is 6.08 Å². The lowest BCUT2D eigenvalue weighted by Crippen LogP contribution is -2.30. The molecule has 196 valence electrons. The molecule has 4 aromatic rings. The van der Waals surface area contributed by atoms with Crippen molar-refractivity contribution in [1.82, 2.24) is 10.2 Å². The van der Waals surface area contributed by atoms with Crippen molar-refractivity contribution in [3.05, 3.63) is 124 Å². The first-order chi connectivity index (χ1) is 18.9. The van der Waals surface area contributed by atoms with E-state index in [4.69, 9.17) is 11.6 Å². The van der Waals surface area contributed by atoms with Crippen LogP contribution in [0.3, 0.4) is 0 Å². The molecular weight excluding hydrogens is 550 g/mol. The third kappa shape index (κ3) is 5.98. The van der Waals surface area contributed by atoms with Crippen LogP contribution in [0.4, 0.5) is 5.13 Å². The quantitative estimate of drug-likeness (QED) is 0.129. The molecule has 6 nitrogen and oxygen atoms in total. The SMILES string of the molecule is CCc1ccc(C2C(C(=O)C=Cc3ccccc3)=C(O)C(=O)N2c2nnc(SCc3ccc(Cl)cc3)s2)cc1. The number of carbonyl (C=O) groups excluding carboxylic acids is 2. The van der Waals surface area contributed by atoms with Gasteiger partial charge in [0.05, 0.1) is 11.6 Å². The highest BCUT2D eigenvalue weighted by Crippen LogP contribution is 2.43. The van der Waals surface area contributed by atoms with Gasteiger partial charge < -0.3 is 5.11 Å². The second-order valence-corrected chi connectivity index (χ2v) is 11.4. The van der Waals surface area contributed by atoms with Gasteiger partial charge in [0.2, 0.25) is 5.13 Å². The van der Waals surface area contributed by atoms with Crippen LogP contribution in [-0.4, -0.2) is 27.0 Å². The zero-order valence-electron chi connectivity index (χ0n) is 21.0. The first-order valence-corrected chi connectivity index (χ1v) is 14.5. The molecule has 3 aromatic carbocycles. The summed E-state index contributed by atoms with van der Waals surface area (Å²) in [5, 5.41) is 20.5. The van der Waals surface area contributed by atoms with Gasteiger partial charge in [-0.3, -0.25) is 14.5 Å². The molecule has 2 heterocycles. The van der Waals surface area contributed by atoms with E-state index in [0.29, 0.717) is 25.8 Å². The van der Waals surface area contributed by atoms with Gasteiger partial charge >= 0.3 is 0 Å². The normalized spacial score (nSPS) is 15.5. The molecule has 1 atom stereocenters. The summed E-state index contributed by atoms with van der Waals surface area (Å²) in [5.41, 5.74) is 3.75. The zero-order chi connectivity index (χ0) is 27.4. The first-order valence-electron chi connectivity index (χ1n) is 12.3. The Morgan fingerprint density at radius 3 is 2.41 bits per heavy atom. The number of aryl methyl sites for hydroxylation is 1. The third-order valence-corrected chi connectivity index (χ3v) is 8.66. The molecule has 0 spiro atoms. The molecule has 39 heavy (non-hydrogen) atoms. The van der Waals surface area contributed by atoms with Crippen molar-refractivity contribution in [2.75, 3.05) is 4.90 Å². The number of hydrogen-bond acceptors (Lipinski definition) is 7. The molecule has 1 aromatic heterocycles. The topological polar surface area (TPSA) is 83.4 Å². The van der Waals surface area contributed by atoms with Crippen LogP contribution in [0.15, 0.2) is 101 Å². The smallest absolute Gasteiger partial charge is 0.296 e. The van der Waals surface area contributed by atoms with E-state index in [1.807, 2.05) is 78.9 Å². The highest BCUT2D eigenvalue weighted by atomic mass is 35.5. The van der Waals surface area contributed by atoms with Crippen molar-refractivity contribution in [2.45, 2.75) is 29.5 Å². The number of halogens is 1. The first kappa shape index (κ1) is 26.9. The van der Waals surface area contributed by atoms with Gasteiger partial charge in [-0.1, -0.05) is 114 Å². The van der Waals surface area contributed by atoms with Crippen LogP contribution in [0.5, 0.6) is 0 Å². The number of rotatable bonds is 9. The maximum Gasteiger partial charge on any atom is 0.296 e. The minimum absolute atomic E-state index is 0.0157. The van der Waals surface area contributed by atoms with Crippen LogP contribution in [-0.2, 0) is 21.8 Å². The van der Waals surface area contributed by atoms with E-state index in [9.17, 15) is 14.7 Å². The Kier molecular flexibility index (Phi) is 8.26. The van der Waals surface area contributed by atoms with Gasteiger partial charge in [-0.2, -0.15) is 0 Å². The standard InChI is InChI=1S/C30H24ClN3O3S2/c1-2-19-8-13-22(14-9-19)26-25(24(35)17-12-20-6-4-3-5-7-20)27(36)28(37)34(26)29-32-33-30(39-29)38-18-21-10-15-23(31)16-11-21/h3-17,26,36H,2,18H2,1H3. The minimum Gasteiger partial charge on any atom is -0.503 e. The summed E-state index contributed by atoms with van der Waals surface area (Å²) in [4.78, 5) is 28.2. The van der Waals surface area contributed by atoms with Crippen molar-refractivity contribution in [2.24, 2.45) is 0 Å². The molecule has 5 rings (SSSR count). The van der Waals surface area contributed by atoms with Crippen LogP contribution in [0.25, 0.3) is 6.08 Å². The summed E-state index contributed by atoms with van der Waals surface area (Å²) in [6.07, 6.45) is 3.91. The zero-order valence-corrected chi connectivity index (χ0v) is 23.3. The summed E-state index contributed by atoms with van der Waals surface area (Å²) >= 11 is 8.71.